The van der Waals surface area contributed by atoms with Crippen molar-refractivity contribution in [1.82, 2.24) is 20.1 Å². The second-order valence-corrected chi connectivity index (χ2v) is 9.70. The van der Waals surface area contributed by atoms with Crippen molar-refractivity contribution in [2.45, 2.75) is 45.1 Å². The largest absolute Gasteiger partial charge is 0.350 e. The van der Waals surface area contributed by atoms with Crippen LogP contribution < -0.4 is 5.32 Å². The van der Waals surface area contributed by atoms with Crippen LogP contribution in [0.5, 0.6) is 0 Å². The number of fused-ring (bicyclic) bond motifs is 1. The molecule has 0 saturated carbocycles. The van der Waals surface area contributed by atoms with Crippen molar-refractivity contribution in [1.29, 1.82) is 0 Å². The number of amides is 2. The zero-order valence-electron chi connectivity index (χ0n) is 17.2. The minimum absolute atomic E-state index is 0.0194. The Kier molecular flexibility index (Phi) is 6.35. The Hall–Kier alpha value is -1.99. The molecule has 0 bridgehead atoms. The summed E-state index contributed by atoms with van der Waals surface area (Å²) in [4.78, 5) is 33.2. The van der Waals surface area contributed by atoms with Gasteiger partial charge in [-0.1, -0.05) is 12.1 Å². The molecule has 7 heteroatoms. The maximum Gasteiger partial charge on any atom is 0.240 e. The van der Waals surface area contributed by atoms with Crippen LogP contribution >= 0.6 is 11.3 Å². The first-order chi connectivity index (χ1) is 13.2. The maximum absolute atomic E-state index is 12.6. The van der Waals surface area contributed by atoms with Gasteiger partial charge in [0.15, 0.2) is 0 Å². The van der Waals surface area contributed by atoms with Gasteiger partial charge in [-0.25, -0.2) is 4.98 Å². The average Bonchev–Trinajstić information content (AvgIpc) is 3.04. The molecule has 2 aromatic rings. The van der Waals surface area contributed by atoms with Gasteiger partial charge in [0, 0.05) is 25.0 Å². The van der Waals surface area contributed by atoms with Crippen molar-refractivity contribution in [3.05, 3.63) is 29.3 Å². The van der Waals surface area contributed by atoms with E-state index in [1.54, 1.807) is 18.4 Å². The van der Waals surface area contributed by atoms with E-state index in [-0.39, 0.29) is 23.9 Å². The third-order valence-corrected chi connectivity index (χ3v) is 6.04. The fraction of sp³-hybridized carbons (Fsp3) is 0.571. The Labute approximate surface area is 170 Å². The second kappa shape index (κ2) is 8.57. The lowest BCUT2D eigenvalue weighted by molar-refractivity contribution is -0.136. The van der Waals surface area contributed by atoms with E-state index in [4.69, 9.17) is 4.98 Å². The monoisotopic (exact) mass is 402 g/mol. The van der Waals surface area contributed by atoms with Crippen LogP contribution in [0, 0.1) is 0 Å². The number of aromatic nitrogens is 1. The van der Waals surface area contributed by atoms with Gasteiger partial charge < -0.3 is 10.2 Å². The summed E-state index contributed by atoms with van der Waals surface area (Å²) in [6.07, 6.45) is 2.16. The molecule has 1 N–H and O–H groups in total. The number of hydrogen-bond acceptors (Lipinski definition) is 5. The summed E-state index contributed by atoms with van der Waals surface area (Å²) in [5.41, 5.74) is 0.762. The van der Waals surface area contributed by atoms with Crippen molar-refractivity contribution in [3.63, 3.8) is 0 Å². The first kappa shape index (κ1) is 20.7. The van der Waals surface area contributed by atoms with E-state index in [0.29, 0.717) is 12.5 Å². The van der Waals surface area contributed by atoms with Crippen molar-refractivity contribution in [3.8, 4) is 0 Å². The highest BCUT2D eigenvalue weighted by Crippen LogP contribution is 2.32. The van der Waals surface area contributed by atoms with Crippen molar-refractivity contribution in [2.75, 3.05) is 33.2 Å². The van der Waals surface area contributed by atoms with Gasteiger partial charge in [0.1, 0.15) is 0 Å². The molecule has 6 nitrogen and oxygen atoms in total. The number of nitrogens with one attached hydrogen (secondary N) is 1. The number of nitrogens with zero attached hydrogens (tertiary/aromatic N) is 3. The summed E-state index contributed by atoms with van der Waals surface area (Å²) in [6, 6.07) is 8.22. The van der Waals surface area contributed by atoms with Crippen molar-refractivity contribution < 1.29 is 9.59 Å². The van der Waals surface area contributed by atoms with Crippen LogP contribution in [0.25, 0.3) is 10.2 Å². The molecule has 0 unspecified atom stereocenters. The first-order valence-electron chi connectivity index (χ1n) is 9.84. The summed E-state index contributed by atoms with van der Waals surface area (Å²) in [6.45, 7) is 7.99. The van der Waals surface area contributed by atoms with Gasteiger partial charge in [0.25, 0.3) is 0 Å². The molecule has 1 aromatic carbocycles. The van der Waals surface area contributed by atoms with E-state index in [0.717, 1.165) is 36.5 Å². The predicted molar refractivity (Wildman–Crippen MR) is 114 cm³/mol. The first-order valence-corrected chi connectivity index (χ1v) is 10.7. The Balaban J connectivity index is 1.55. The fourth-order valence-corrected chi connectivity index (χ4v) is 4.63. The fourth-order valence-electron chi connectivity index (χ4n) is 3.54. The highest BCUT2D eigenvalue weighted by Gasteiger charge is 2.26. The van der Waals surface area contributed by atoms with Crippen LogP contribution in [0.4, 0.5) is 0 Å². The Morgan fingerprint density at radius 2 is 2.07 bits per heavy atom. The summed E-state index contributed by atoms with van der Waals surface area (Å²) in [5, 5.41) is 4.06. The standard InChI is InChI=1S/C21H30N4O2S/c1-21(2,3)23-18(26)13-24(4)19(27)14-25-11-7-8-15(12-25)20-22-16-9-5-6-10-17(16)28-20/h5-6,9-10,15H,7-8,11-14H2,1-4H3,(H,23,26)/t15-/m0/s1. The van der Waals surface area contributed by atoms with Crippen LogP contribution in [-0.4, -0.2) is 65.4 Å². The van der Waals surface area contributed by atoms with E-state index in [1.807, 2.05) is 32.9 Å². The summed E-state index contributed by atoms with van der Waals surface area (Å²) in [7, 11) is 1.69. The Morgan fingerprint density at radius 1 is 1.32 bits per heavy atom. The number of benzene rings is 1. The van der Waals surface area contributed by atoms with Gasteiger partial charge in [-0.05, 0) is 52.3 Å². The molecule has 0 radical (unpaired) electrons. The molecular formula is C21H30N4O2S. The zero-order valence-corrected chi connectivity index (χ0v) is 18.0. The van der Waals surface area contributed by atoms with Gasteiger partial charge >= 0.3 is 0 Å². The number of likely N-dealkylation sites (tertiary alicyclic amines) is 1. The molecule has 1 aromatic heterocycles. The smallest absolute Gasteiger partial charge is 0.240 e. The van der Waals surface area contributed by atoms with E-state index < -0.39 is 0 Å². The molecule has 3 rings (SSSR count). The minimum atomic E-state index is -0.293. The van der Waals surface area contributed by atoms with Crippen LogP contribution in [0.15, 0.2) is 24.3 Å². The lowest BCUT2D eigenvalue weighted by Gasteiger charge is -2.32. The molecule has 28 heavy (non-hydrogen) atoms. The predicted octanol–water partition coefficient (Wildman–Crippen LogP) is 2.85. The number of piperidine rings is 1. The summed E-state index contributed by atoms with van der Waals surface area (Å²) >= 11 is 1.76. The van der Waals surface area contributed by atoms with Crippen molar-refractivity contribution in [2.24, 2.45) is 0 Å². The molecular weight excluding hydrogens is 372 g/mol. The molecule has 152 valence electrons. The van der Waals surface area contributed by atoms with Crippen LogP contribution in [0.1, 0.15) is 44.5 Å². The molecule has 0 spiro atoms. The highest BCUT2D eigenvalue weighted by atomic mass is 32.1. The zero-order chi connectivity index (χ0) is 20.3. The molecule has 1 aliphatic rings. The van der Waals surface area contributed by atoms with Gasteiger partial charge in [-0.15, -0.1) is 11.3 Å². The average molecular weight is 403 g/mol. The van der Waals surface area contributed by atoms with E-state index in [2.05, 4.69) is 22.3 Å². The van der Waals surface area contributed by atoms with Crippen LogP contribution in [-0.2, 0) is 9.59 Å². The molecule has 2 heterocycles. The van der Waals surface area contributed by atoms with E-state index in [9.17, 15) is 9.59 Å². The molecule has 1 atom stereocenters. The number of rotatable bonds is 5. The highest BCUT2D eigenvalue weighted by molar-refractivity contribution is 7.18. The summed E-state index contributed by atoms with van der Waals surface area (Å²) < 4.78 is 1.22. The van der Waals surface area contributed by atoms with E-state index in [1.165, 1.54) is 9.60 Å². The molecule has 1 saturated heterocycles. The minimum Gasteiger partial charge on any atom is -0.350 e. The van der Waals surface area contributed by atoms with Crippen LogP contribution in [0.2, 0.25) is 0 Å². The number of carbonyl (C=O) groups is 2. The molecule has 1 aliphatic heterocycles. The third kappa shape index (κ3) is 5.52. The van der Waals surface area contributed by atoms with Gasteiger partial charge in [-0.2, -0.15) is 0 Å². The third-order valence-electron chi connectivity index (χ3n) is 4.84. The number of likely N-dealkylation sites (N-methyl/N-ethyl adjacent to an activating group) is 1. The SMILES string of the molecule is CN(CC(=O)NC(C)(C)C)C(=O)CN1CCC[C@H](c2nc3ccccc3s2)C1. The van der Waals surface area contributed by atoms with Crippen LogP contribution in [0.3, 0.4) is 0 Å². The van der Waals surface area contributed by atoms with Crippen molar-refractivity contribution >= 4 is 33.4 Å². The second-order valence-electron chi connectivity index (χ2n) is 8.64. The molecule has 1 fully saturated rings. The van der Waals surface area contributed by atoms with E-state index >= 15 is 0 Å². The van der Waals surface area contributed by atoms with Gasteiger partial charge in [0.05, 0.1) is 28.3 Å². The number of para-hydroxylation sites is 1. The maximum atomic E-state index is 12.6. The normalized spacial score (nSPS) is 18.2. The molecule has 0 aliphatic carbocycles. The Bertz CT molecular complexity index is 809. The number of carbonyl (C=O) groups excluding carboxylic acids is 2. The quantitative estimate of drug-likeness (QED) is 0.835. The number of hydrogen-bond donors (Lipinski definition) is 1. The lowest BCUT2D eigenvalue weighted by Crippen LogP contribution is -2.48. The van der Waals surface area contributed by atoms with Gasteiger partial charge in [-0.3, -0.25) is 14.5 Å². The number of thiazole rings is 1. The lowest BCUT2D eigenvalue weighted by atomic mass is 9.99. The van der Waals surface area contributed by atoms with Gasteiger partial charge in [0.2, 0.25) is 11.8 Å². The topological polar surface area (TPSA) is 65.5 Å². The summed E-state index contributed by atoms with van der Waals surface area (Å²) in [5.74, 6) is 0.219. The molecule has 2 amide bonds. The Morgan fingerprint density at radius 3 is 2.79 bits per heavy atom.